The number of hydrogen-bond acceptors (Lipinski definition) is 4. The van der Waals surface area contributed by atoms with Gasteiger partial charge >= 0.3 is 6.36 Å². The molecular formula is C8H4BrClF5NO3S. The standard InChI is InChI=1S/C8H4BrClF5NO3S/c9-2-3-4(20(10,17)18)1-5(19-8(13,14)15)16-6(3)7(11)12/h1,7H,2H2. The van der Waals surface area contributed by atoms with Crippen molar-refractivity contribution in [3.8, 4) is 5.88 Å². The quantitative estimate of drug-likeness (QED) is 0.436. The molecule has 0 bridgehead atoms. The van der Waals surface area contributed by atoms with Crippen LogP contribution >= 0.6 is 26.6 Å². The summed E-state index contributed by atoms with van der Waals surface area (Å²) in [5.74, 6) is -1.34. The Kier molecular flexibility index (Phi) is 5.19. The normalized spacial score (nSPS) is 12.8. The predicted molar refractivity (Wildman–Crippen MR) is 61.5 cm³/mol. The van der Waals surface area contributed by atoms with E-state index in [1.807, 2.05) is 0 Å². The van der Waals surface area contributed by atoms with E-state index in [4.69, 9.17) is 10.7 Å². The van der Waals surface area contributed by atoms with Crippen molar-refractivity contribution in [2.75, 3.05) is 0 Å². The Morgan fingerprint density at radius 2 is 1.95 bits per heavy atom. The molecule has 1 heterocycles. The molecule has 0 N–H and O–H groups in total. The van der Waals surface area contributed by atoms with Gasteiger partial charge in [0.2, 0.25) is 5.88 Å². The second-order valence-corrected chi connectivity index (χ2v) is 6.34. The third kappa shape index (κ3) is 4.42. The maximum Gasteiger partial charge on any atom is 0.574 e. The highest BCUT2D eigenvalue weighted by atomic mass is 79.9. The minimum atomic E-state index is -5.21. The molecule has 0 aromatic carbocycles. The van der Waals surface area contributed by atoms with E-state index in [1.54, 1.807) is 0 Å². The summed E-state index contributed by atoms with van der Waals surface area (Å²) in [6, 6.07) is 0.332. The Labute approximate surface area is 122 Å². The van der Waals surface area contributed by atoms with Crippen LogP contribution < -0.4 is 4.74 Å². The molecule has 1 aromatic rings. The maximum atomic E-state index is 12.7. The number of ether oxygens (including phenoxy) is 1. The Bertz CT molecular complexity index is 607. The monoisotopic (exact) mass is 403 g/mol. The van der Waals surface area contributed by atoms with Crippen LogP contribution in [0.4, 0.5) is 22.0 Å². The lowest BCUT2D eigenvalue weighted by molar-refractivity contribution is -0.276. The van der Waals surface area contributed by atoms with Gasteiger partial charge in [-0.2, -0.15) is 0 Å². The van der Waals surface area contributed by atoms with E-state index in [-0.39, 0.29) is 0 Å². The zero-order valence-corrected chi connectivity index (χ0v) is 12.2. The number of halogens is 7. The van der Waals surface area contributed by atoms with Gasteiger partial charge in [-0.1, -0.05) is 15.9 Å². The summed E-state index contributed by atoms with van der Waals surface area (Å²) in [7, 11) is 0.446. The van der Waals surface area contributed by atoms with Gasteiger partial charge in [0.15, 0.2) is 0 Å². The largest absolute Gasteiger partial charge is 0.574 e. The van der Waals surface area contributed by atoms with E-state index in [0.29, 0.717) is 6.07 Å². The van der Waals surface area contributed by atoms with Crippen LogP contribution in [0, 0.1) is 0 Å². The van der Waals surface area contributed by atoms with Gasteiger partial charge in [0, 0.05) is 27.6 Å². The molecule has 0 aliphatic rings. The molecule has 20 heavy (non-hydrogen) atoms. The first-order valence-electron chi connectivity index (χ1n) is 4.54. The smallest absolute Gasteiger partial charge is 0.388 e. The van der Waals surface area contributed by atoms with Gasteiger partial charge in [0.05, 0.1) is 4.90 Å². The Morgan fingerprint density at radius 3 is 2.30 bits per heavy atom. The van der Waals surface area contributed by atoms with Crippen LogP contribution in [0.1, 0.15) is 17.7 Å². The highest BCUT2D eigenvalue weighted by molar-refractivity contribution is 9.08. The van der Waals surface area contributed by atoms with Gasteiger partial charge in [-0.15, -0.1) is 13.2 Å². The first kappa shape index (κ1) is 17.4. The molecule has 0 unspecified atom stereocenters. The summed E-state index contributed by atoms with van der Waals surface area (Å²) in [6.45, 7) is 0. The first-order chi connectivity index (χ1) is 8.95. The Hall–Kier alpha value is -0.680. The minimum absolute atomic E-state index is 0.332. The fraction of sp³-hybridized carbons (Fsp3) is 0.375. The third-order valence-corrected chi connectivity index (χ3v) is 3.86. The molecule has 0 aliphatic heterocycles. The van der Waals surface area contributed by atoms with Crippen molar-refractivity contribution in [1.29, 1.82) is 0 Å². The zero-order chi connectivity index (χ0) is 15.7. The van der Waals surface area contributed by atoms with E-state index in [9.17, 15) is 30.4 Å². The van der Waals surface area contributed by atoms with E-state index in [0.717, 1.165) is 0 Å². The highest BCUT2D eigenvalue weighted by Gasteiger charge is 2.34. The van der Waals surface area contributed by atoms with Crippen LogP contribution in [0.5, 0.6) is 5.88 Å². The number of alkyl halides is 6. The SMILES string of the molecule is O=S(=O)(Cl)c1cc(OC(F)(F)F)nc(C(F)F)c1CBr. The molecule has 0 saturated heterocycles. The van der Waals surface area contributed by atoms with E-state index >= 15 is 0 Å². The third-order valence-electron chi connectivity index (χ3n) is 1.92. The van der Waals surface area contributed by atoms with Crippen LogP contribution in [-0.2, 0) is 14.4 Å². The van der Waals surface area contributed by atoms with Crippen molar-refractivity contribution in [3.63, 3.8) is 0 Å². The molecular weight excluding hydrogens is 401 g/mol. The summed E-state index contributed by atoms with van der Waals surface area (Å²) in [5, 5.41) is -0.396. The van der Waals surface area contributed by atoms with Crippen molar-refractivity contribution < 1.29 is 35.1 Å². The molecule has 0 fully saturated rings. The molecule has 0 spiro atoms. The molecule has 0 amide bonds. The average Bonchev–Trinajstić information content (AvgIpc) is 2.24. The lowest BCUT2D eigenvalue weighted by Crippen LogP contribution is -2.19. The lowest BCUT2D eigenvalue weighted by Gasteiger charge is -2.14. The van der Waals surface area contributed by atoms with Crippen molar-refractivity contribution >= 4 is 35.7 Å². The van der Waals surface area contributed by atoms with Gasteiger partial charge < -0.3 is 4.74 Å². The van der Waals surface area contributed by atoms with Crippen molar-refractivity contribution in [1.82, 2.24) is 4.98 Å². The summed E-state index contributed by atoms with van der Waals surface area (Å²) in [6.07, 6.45) is -8.52. The van der Waals surface area contributed by atoms with Gasteiger partial charge in [-0.25, -0.2) is 22.2 Å². The maximum absolute atomic E-state index is 12.7. The molecule has 4 nitrogen and oxygen atoms in total. The van der Waals surface area contributed by atoms with Crippen LogP contribution in [-0.4, -0.2) is 19.8 Å². The van der Waals surface area contributed by atoms with E-state index in [2.05, 4.69) is 25.7 Å². The second kappa shape index (κ2) is 5.98. The van der Waals surface area contributed by atoms with Crippen molar-refractivity contribution in [3.05, 3.63) is 17.3 Å². The summed E-state index contributed by atoms with van der Waals surface area (Å²) < 4.78 is 87.4. The summed E-state index contributed by atoms with van der Waals surface area (Å²) in [4.78, 5) is 2.03. The lowest BCUT2D eigenvalue weighted by atomic mass is 10.2. The van der Waals surface area contributed by atoms with Gasteiger partial charge in [0.1, 0.15) is 5.69 Å². The van der Waals surface area contributed by atoms with Crippen molar-refractivity contribution in [2.24, 2.45) is 0 Å². The highest BCUT2D eigenvalue weighted by Crippen LogP contribution is 2.34. The summed E-state index contributed by atoms with van der Waals surface area (Å²) >= 11 is 2.75. The van der Waals surface area contributed by atoms with E-state index in [1.165, 1.54) is 0 Å². The van der Waals surface area contributed by atoms with E-state index < -0.39 is 49.2 Å². The number of aromatic nitrogens is 1. The minimum Gasteiger partial charge on any atom is -0.388 e. The Morgan fingerprint density at radius 1 is 1.40 bits per heavy atom. The number of nitrogens with zero attached hydrogens (tertiary/aromatic N) is 1. The molecule has 0 aliphatic carbocycles. The van der Waals surface area contributed by atoms with Crippen LogP contribution in [0.2, 0.25) is 0 Å². The fourth-order valence-corrected chi connectivity index (χ4v) is 3.15. The predicted octanol–water partition coefficient (Wildman–Crippen LogP) is 3.74. The molecule has 1 rings (SSSR count). The van der Waals surface area contributed by atoms with Crippen molar-refractivity contribution in [2.45, 2.75) is 23.0 Å². The van der Waals surface area contributed by atoms with Gasteiger partial charge in [0.25, 0.3) is 15.5 Å². The Balaban J connectivity index is 3.57. The molecule has 0 saturated carbocycles. The topological polar surface area (TPSA) is 56.3 Å². The van der Waals surface area contributed by atoms with Crippen LogP contribution in [0.15, 0.2) is 11.0 Å². The van der Waals surface area contributed by atoms with Gasteiger partial charge in [-0.05, 0) is 0 Å². The molecule has 1 aromatic heterocycles. The second-order valence-electron chi connectivity index (χ2n) is 3.24. The first-order valence-corrected chi connectivity index (χ1v) is 7.97. The van der Waals surface area contributed by atoms with Crippen LogP contribution in [0.25, 0.3) is 0 Å². The fourth-order valence-electron chi connectivity index (χ4n) is 1.25. The number of pyridine rings is 1. The van der Waals surface area contributed by atoms with Gasteiger partial charge in [-0.3, -0.25) is 0 Å². The average molecular weight is 405 g/mol. The zero-order valence-electron chi connectivity index (χ0n) is 9.09. The molecule has 0 radical (unpaired) electrons. The van der Waals surface area contributed by atoms with Crippen LogP contribution in [0.3, 0.4) is 0 Å². The summed E-state index contributed by atoms with van der Waals surface area (Å²) in [5.41, 5.74) is -1.70. The molecule has 12 heteroatoms. The number of hydrogen-bond donors (Lipinski definition) is 0. The molecule has 114 valence electrons. The number of rotatable bonds is 4. The molecule has 0 atom stereocenters.